The molecule has 208 valence electrons. The number of alkyl halides is 2. The Balaban J connectivity index is 1.54. The highest BCUT2D eigenvalue weighted by molar-refractivity contribution is 6.10. The van der Waals surface area contributed by atoms with Gasteiger partial charge in [-0.05, 0) is 69.5 Å². The number of nitriles is 1. The van der Waals surface area contributed by atoms with Crippen LogP contribution in [0, 0.1) is 23.1 Å². The number of halogens is 3. The van der Waals surface area contributed by atoms with Gasteiger partial charge in [0.2, 0.25) is 5.91 Å². The van der Waals surface area contributed by atoms with Crippen LogP contribution in [0.15, 0.2) is 36.4 Å². The van der Waals surface area contributed by atoms with E-state index in [-0.39, 0.29) is 42.4 Å². The number of hydrogen-bond acceptors (Lipinski definition) is 6. The molecule has 2 aliphatic rings. The van der Waals surface area contributed by atoms with Gasteiger partial charge in [0, 0.05) is 25.1 Å². The van der Waals surface area contributed by atoms with Crippen LogP contribution < -0.4 is 15.4 Å². The van der Waals surface area contributed by atoms with E-state index in [0.717, 1.165) is 12.8 Å². The van der Waals surface area contributed by atoms with E-state index in [0.29, 0.717) is 25.2 Å². The molecular formula is C29H33F3N4O3. The standard InChI is InChI=1S/C29H33F3N4O3/c1-29(2,32)17-36-11-9-18(10-12-36)16-39-24-8-7-22(21-6-4-3-5-19(21)14-33)25(26(24)31)28(38)35-27(37)23-13-20(30)15-34-23/h3-8,18,20,23,34H,9-13,15-17H2,1-2H3,(H,35,37,38)/t20-,23-/m0/s1. The molecule has 2 saturated heterocycles. The summed E-state index contributed by atoms with van der Waals surface area (Å²) in [6, 6.07) is 10.5. The van der Waals surface area contributed by atoms with Crippen molar-refractivity contribution in [1.29, 1.82) is 5.26 Å². The van der Waals surface area contributed by atoms with Crippen LogP contribution in [0.2, 0.25) is 0 Å². The number of benzene rings is 2. The monoisotopic (exact) mass is 542 g/mol. The van der Waals surface area contributed by atoms with Crippen molar-refractivity contribution in [3.63, 3.8) is 0 Å². The molecule has 0 aromatic heterocycles. The van der Waals surface area contributed by atoms with Gasteiger partial charge in [-0.2, -0.15) is 5.26 Å². The van der Waals surface area contributed by atoms with Gasteiger partial charge in [0.05, 0.1) is 29.8 Å². The molecule has 10 heteroatoms. The quantitative estimate of drug-likeness (QED) is 0.487. The van der Waals surface area contributed by atoms with Gasteiger partial charge >= 0.3 is 0 Å². The van der Waals surface area contributed by atoms with Gasteiger partial charge in [0.25, 0.3) is 5.91 Å². The number of piperidine rings is 1. The van der Waals surface area contributed by atoms with Crippen LogP contribution in [0.1, 0.15) is 49.0 Å². The Labute approximate surface area is 226 Å². The maximum Gasteiger partial charge on any atom is 0.261 e. The highest BCUT2D eigenvalue weighted by atomic mass is 19.1. The van der Waals surface area contributed by atoms with Crippen molar-refractivity contribution in [2.45, 2.75) is 51.0 Å². The maximum atomic E-state index is 15.9. The van der Waals surface area contributed by atoms with Crippen LogP contribution in [0.3, 0.4) is 0 Å². The second-order valence-corrected chi connectivity index (χ2v) is 10.8. The summed E-state index contributed by atoms with van der Waals surface area (Å²) in [5.41, 5.74) is -1.02. The minimum Gasteiger partial charge on any atom is -0.490 e. The molecule has 0 radical (unpaired) electrons. The van der Waals surface area contributed by atoms with E-state index in [4.69, 9.17) is 4.74 Å². The fraction of sp³-hybridized carbons (Fsp3) is 0.483. The van der Waals surface area contributed by atoms with E-state index in [9.17, 15) is 23.6 Å². The summed E-state index contributed by atoms with van der Waals surface area (Å²) in [6.07, 6.45) is 0.225. The molecule has 2 aromatic rings. The van der Waals surface area contributed by atoms with Crippen LogP contribution in [-0.4, -0.2) is 67.4 Å². The number of hydrogen-bond donors (Lipinski definition) is 2. The summed E-state index contributed by atoms with van der Waals surface area (Å²) in [4.78, 5) is 27.9. The van der Waals surface area contributed by atoms with Crippen molar-refractivity contribution in [1.82, 2.24) is 15.5 Å². The van der Waals surface area contributed by atoms with Crippen LogP contribution in [0.25, 0.3) is 11.1 Å². The van der Waals surface area contributed by atoms with Gasteiger partial charge in [-0.1, -0.05) is 18.2 Å². The van der Waals surface area contributed by atoms with Crippen LogP contribution in [0.5, 0.6) is 5.75 Å². The van der Waals surface area contributed by atoms with E-state index in [1.165, 1.54) is 12.1 Å². The van der Waals surface area contributed by atoms with E-state index in [1.807, 2.05) is 6.07 Å². The maximum absolute atomic E-state index is 15.9. The molecule has 2 fully saturated rings. The number of imide groups is 1. The molecule has 0 aliphatic carbocycles. The molecule has 2 heterocycles. The van der Waals surface area contributed by atoms with E-state index < -0.39 is 41.1 Å². The summed E-state index contributed by atoms with van der Waals surface area (Å²) < 4.78 is 49.2. The number of nitrogens with zero attached hydrogens (tertiary/aromatic N) is 2. The molecule has 2 aliphatic heterocycles. The smallest absolute Gasteiger partial charge is 0.261 e. The molecule has 0 spiro atoms. The van der Waals surface area contributed by atoms with Gasteiger partial charge in [0.1, 0.15) is 11.8 Å². The third-order valence-electron chi connectivity index (χ3n) is 7.08. The first-order valence-corrected chi connectivity index (χ1v) is 13.1. The molecule has 2 amide bonds. The Morgan fingerprint density at radius 1 is 1.18 bits per heavy atom. The van der Waals surface area contributed by atoms with Crippen molar-refractivity contribution in [3.8, 4) is 22.9 Å². The van der Waals surface area contributed by atoms with Gasteiger partial charge < -0.3 is 15.0 Å². The third-order valence-corrected chi connectivity index (χ3v) is 7.08. The fourth-order valence-electron chi connectivity index (χ4n) is 5.13. The minimum absolute atomic E-state index is 0.00474. The van der Waals surface area contributed by atoms with Gasteiger partial charge in [-0.15, -0.1) is 0 Å². The lowest BCUT2D eigenvalue weighted by Gasteiger charge is -2.34. The first kappa shape index (κ1) is 28.6. The lowest BCUT2D eigenvalue weighted by atomic mass is 9.94. The number of ether oxygens (including phenoxy) is 1. The molecule has 0 bridgehead atoms. The summed E-state index contributed by atoms with van der Waals surface area (Å²) in [6.45, 7) is 5.06. The summed E-state index contributed by atoms with van der Waals surface area (Å²) in [5.74, 6) is -2.74. The number of nitrogens with one attached hydrogen (secondary N) is 2. The zero-order valence-corrected chi connectivity index (χ0v) is 22.1. The predicted octanol–water partition coefficient (Wildman–Crippen LogP) is 4.16. The van der Waals surface area contributed by atoms with E-state index in [2.05, 4.69) is 15.5 Å². The average molecular weight is 543 g/mol. The Hall–Kier alpha value is -3.42. The molecular weight excluding hydrogens is 509 g/mol. The van der Waals surface area contributed by atoms with Crippen LogP contribution in [0.4, 0.5) is 13.2 Å². The Kier molecular flexibility index (Phi) is 8.93. The fourth-order valence-corrected chi connectivity index (χ4v) is 5.13. The van der Waals surface area contributed by atoms with Crippen molar-refractivity contribution in [3.05, 3.63) is 53.3 Å². The van der Waals surface area contributed by atoms with E-state index in [1.54, 1.807) is 38.1 Å². The van der Waals surface area contributed by atoms with Gasteiger partial charge in [-0.3, -0.25) is 14.9 Å². The lowest BCUT2D eigenvalue weighted by molar-refractivity contribution is -0.121. The van der Waals surface area contributed by atoms with Gasteiger partial charge in [0.15, 0.2) is 11.6 Å². The topological polar surface area (TPSA) is 94.5 Å². The zero-order valence-electron chi connectivity index (χ0n) is 22.1. The Bertz CT molecular complexity index is 1250. The minimum atomic E-state index is -1.28. The normalized spacial score (nSPS) is 20.4. The predicted molar refractivity (Wildman–Crippen MR) is 140 cm³/mol. The van der Waals surface area contributed by atoms with Crippen molar-refractivity contribution in [2.75, 3.05) is 32.8 Å². The van der Waals surface area contributed by atoms with Crippen LogP contribution >= 0.6 is 0 Å². The van der Waals surface area contributed by atoms with E-state index >= 15 is 4.39 Å². The molecule has 2 atom stereocenters. The molecule has 4 rings (SSSR count). The average Bonchev–Trinajstić information content (AvgIpc) is 3.34. The highest BCUT2D eigenvalue weighted by Gasteiger charge is 2.32. The number of carbonyl (C=O) groups is 2. The Morgan fingerprint density at radius 3 is 2.54 bits per heavy atom. The zero-order chi connectivity index (χ0) is 28.2. The first-order chi connectivity index (χ1) is 18.6. The number of carbonyl (C=O) groups excluding carboxylic acids is 2. The molecule has 0 unspecified atom stereocenters. The molecule has 2 N–H and O–H groups in total. The van der Waals surface area contributed by atoms with Gasteiger partial charge in [-0.25, -0.2) is 13.2 Å². The van der Waals surface area contributed by atoms with Crippen molar-refractivity contribution < 1.29 is 27.5 Å². The molecule has 7 nitrogen and oxygen atoms in total. The number of rotatable bonds is 8. The molecule has 39 heavy (non-hydrogen) atoms. The van der Waals surface area contributed by atoms with Crippen molar-refractivity contribution >= 4 is 11.8 Å². The molecule has 2 aromatic carbocycles. The number of likely N-dealkylation sites (tertiary alicyclic amines) is 1. The molecule has 0 saturated carbocycles. The third kappa shape index (κ3) is 7.16. The van der Waals surface area contributed by atoms with Crippen molar-refractivity contribution in [2.24, 2.45) is 5.92 Å². The first-order valence-electron chi connectivity index (χ1n) is 13.1. The largest absolute Gasteiger partial charge is 0.490 e. The summed E-state index contributed by atoms with van der Waals surface area (Å²) in [7, 11) is 0. The second-order valence-electron chi connectivity index (χ2n) is 10.8. The Morgan fingerprint density at radius 2 is 1.90 bits per heavy atom. The summed E-state index contributed by atoms with van der Waals surface area (Å²) >= 11 is 0. The SMILES string of the molecule is CC(C)(F)CN1CCC(COc2ccc(-c3ccccc3C#N)c(C(=O)NC(=O)[C@@H]3C[C@H](F)CN3)c2F)CC1. The second kappa shape index (κ2) is 12.2. The lowest BCUT2D eigenvalue weighted by Crippen LogP contribution is -2.43. The van der Waals surface area contributed by atoms with Crippen LogP contribution in [-0.2, 0) is 4.79 Å². The highest BCUT2D eigenvalue weighted by Crippen LogP contribution is 2.34. The summed E-state index contributed by atoms with van der Waals surface area (Å²) in [5, 5.41) is 14.4. The number of amides is 2.